The van der Waals surface area contributed by atoms with Crippen molar-refractivity contribution >= 4 is 17.7 Å². The van der Waals surface area contributed by atoms with Gasteiger partial charge in [-0.3, -0.25) is 19.5 Å². The van der Waals surface area contributed by atoms with Gasteiger partial charge in [0.2, 0.25) is 0 Å². The van der Waals surface area contributed by atoms with Gasteiger partial charge in [-0.15, -0.1) is 0 Å². The molecule has 3 fully saturated rings. The van der Waals surface area contributed by atoms with Gasteiger partial charge in [-0.05, 0) is 38.4 Å². The summed E-state index contributed by atoms with van der Waals surface area (Å²) in [6.45, 7) is 6.03. The minimum atomic E-state index is -0.529. The van der Waals surface area contributed by atoms with E-state index in [1.54, 1.807) is 7.11 Å². The van der Waals surface area contributed by atoms with Crippen LogP contribution in [0.2, 0.25) is 0 Å². The van der Waals surface area contributed by atoms with Gasteiger partial charge in [-0.25, -0.2) is 0 Å². The van der Waals surface area contributed by atoms with Gasteiger partial charge in [-0.2, -0.15) is 0 Å². The Morgan fingerprint density at radius 3 is 2.46 bits per heavy atom. The van der Waals surface area contributed by atoms with E-state index in [4.69, 9.17) is 19.2 Å². The Kier molecular flexibility index (Phi) is 8.18. The van der Waals surface area contributed by atoms with Crippen molar-refractivity contribution in [2.45, 2.75) is 38.8 Å². The molecule has 7 heteroatoms. The minimum Gasteiger partial charge on any atom is -0.496 e. The van der Waals surface area contributed by atoms with Gasteiger partial charge >= 0.3 is 11.9 Å². The molecule has 0 N–H and O–H groups in total. The molecular formula is C28H34N2O5. The molecule has 0 saturated carbocycles. The number of hydrogen-bond donors (Lipinski definition) is 0. The summed E-state index contributed by atoms with van der Waals surface area (Å²) in [5.41, 5.74) is 2.72. The van der Waals surface area contributed by atoms with Crippen molar-refractivity contribution in [3.8, 4) is 5.75 Å². The molecule has 3 saturated heterocycles. The van der Waals surface area contributed by atoms with Crippen LogP contribution >= 0.6 is 0 Å². The Hall–Kier alpha value is -3.19. The fourth-order valence-corrected chi connectivity index (χ4v) is 5.42. The van der Waals surface area contributed by atoms with Crippen LogP contribution in [0.3, 0.4) is 0 Å². The maximum absolute atomic E-state index is 13.3. The number of fused-ring (bicyclic) bond motifs is 3. The normalized spacial score (nSPS) is 25.2. The van der Waals surface area contributed by atoms with E-state index in [1.165, 1.54) is 0 Å². The number of hydrogen-bond acceptors (Lipinski definition) is 7. The van der Waals surface area contributed by atoms with Crippen LogP contribution in [0, 0.1) is 11.8 Å². The Bertz CT molecular complexity index is 1050. The van der Waals surface area contributed by atoms with Crippen LogP contribution in [0.4, 0.5) is 0 Å². The molecule has 35 heavy (non-hydrogen) atoms. The topological polar surface area (TPSA) is 77.4 Å². The first kappa shape index (κ1) is 24.9. The van der Waals surface area contributed by atoms with Crippen molar-refractivity contribution in [1.82, 2.24) is 4.90 Å². The second-order valence-corrected chi connectivity index (χ2v) is 8.89. The summed E-state index contributed by atoms with van der Waals surface area (Å²) in [6.07, 6.45) is 0.801. The van der Waals surface area contributed by atoms with Gasteiger partial charge in [-0.1, -0.05) is 48.5 Å². The van der Waals surface area contributed by atoms with Crippen LogP contribution < -0.4 is 4.74 Å². The number of piperidine rings is 3. The van der Waals surface area contributed by atoms with E-state index in [9.17, 15) is 9.59 Å². The molecule has 186 valence electrons. The van der Waals surface area contributed by atoms with E-state index < -0.39 is 5.92 Å². The number of carbonyl (C=O) groups is 2. The standard InChI is InChI=1S/C28H34N2O5/c1-4-34-27(31)22-18-30-16-15-21(22)25(29-17-20-13-9-10-14-23(20)33-3)26(30)24(28(32)35-5-2)19-11-7-6-8-12-19/h6-14,21-22,24,26H,4-5,15-18H2,1-3H3/t21-,22?,24?,26?/m1/s1. The van der Waals surface area contributed by atoms with Crippen LogP contribution in [-0.2, 0) is 25.6 Å². The molecule has 0 aromatic heterocycles. The van der Waals surface area contributed by atoms with Crippen LogP contribution in [0.15, 0.2) is 59.6 Å². The van der Waals surface area contributed by atoms with Crippen molar-refractivity contribution in [1.29, 1.82) is 0 Å². The first-order valence-electron chi connectivity index (χ1n) is 12.4. The Labute approximate surface area is 207 Å². The summed E-state index contributed by atoms with van der Waals surface area (Å²) < 4.78 is 16.5. The van der Waals surface area contributed by atoms with Crippen molar-refractivity contribution in [3.05, 3.63) is 65.7 Å². The van der Waals surface area contributed by atoms with Crippen LogP contribution in [0.5, 0.6) is 5.75 Å². The number of nitrogens with zero attached hydrogens (tertiary/aromatic N) is 2. The smallest absolute Gasteiger partial charge is 0.315 e. The highest BCUT2D eigenvalue weighted by Crippen LogP contribution is 2.41. The molecule has 2 aromatic carbocycles. The van der Waals surface area contributed by atoms with Gasteiger partial charge in [0.05, 0.1) is 38.8 Å². The third-order valence-corrected chi connectivity index (χ3v) is 6.95. The fraction of sp³-hybridized carbons (Fsp3) is 0.464. The minimum absolute atomic E-state index is 0.0839. The lowest BCUT2D eigenvalue weighted by Crippen LogP contribution is -2.63. The average Bonchev–Trinajstić information content (AvgIpc) is 2.89. The van der Waals surface area contributed by atoms with Crippen molar-refractivity contribution < 1.29 is 23.8 Å². The number of para-hydroxylation sites is 1. The molecule has 7 nitrogen and oxygen atoms in total. The van der Waals surface area contributed by atoms with Gasteiger partial charge in [0.15, 0.2) is 0 Å². The number of ether oxygens (including phenoxy) is 3. The summed E-state index contributed by atoms with van der Waals surface area (Å²) in [6, 6.07) is 17.2. The zero-order valence-electron chi connectivity index (χ0n) is 20.7. The van der Waals surface area contributed by atoms with Gasteiger partial charge in [0, 0.05) is 23.7 Å². The molecule has 0 spiro atoms. The number of carbonyl (C=O) groups excluding carboxylic acids is 2. The molecule has 3 heterocycles. The first-order chi connectivity index (χ1) is 17.1. The zero-order chi connectivity index (χ0) is 24.8. The molecule has 3 aliphatic rings. The van der Waals surface area contributed by atoms with E-state index in [1.807, 2.05) is 68.4 Å². The Morgan fingerprint density at radius 2 is 1.74 bits per heavy atom. The van der Waals surface area contributed by atoms with Crippen molar-refractivity contribution in [3.63, 3.8) is 0 Å². The second kappa shape index (κ2) is 11.5. The second-order valence-electron chi connectivity index (χ2n) is 8.89. The number of benzene rings is 2. The maximum atomic E-state index is 13.3. The summed E-state index contributed by atoms with van der Waals surface area (Å²) in [4.78, 5) is 33.5. The quantitative estimate of drug-likeness (QED) is 0.510. The third-order valence-electron chi connectivity index (χ3n) is 6.95. The van der Waals surface area contributed by atoms with Crippen LogP contribution in [-0.4, -0.2) is 62.0 Å². The van der Waals surface area contributed by atoms with E-state index in [2.05, 4.69) is 4.90 Å². The fourth-order valence-electron chi connectivity index (χ4n) is 5.42. The SMILES string of the molecule is CCOC(=O)C(c1ccccc1)C1C(=NCc2ccccc2OC)[C@@H]2CCN1CC2C(=O)OCC. The predicted molar refractivity (Wildman–Crippen MR) is 134 cm³/mol. The summed E-state index contributed by atoms with van der Waals surface area (Å²) in [5, 5.41) is 0. The molecule has 4 unspecified atom stereocenters. The van der Waals surface area contributed by atoms with Crippen molar-refractivity contribution in [2.24, 2.45) is 16.8 Å². The average molecular weight is 479 g/mol. The highest BCUT2D eigenvalue weighted by atomic mass is 16.5. The lowest BCUT2D eigenvalue weighted by molar-refractivity contribution is -0.153. The van der Waals surface area contributed by atoms with E-state index in [0.29, 0.717) is 26.3 Å². The van der Waals surface area contributed by atoms with Crippen molar-refractivity contribution in [2.75, 3.05) is 33.4 Å². The monoisotopic (exact) mass is 478 g/mol. The predicted octanol–water partition coefficient (Wildman–Crippen LogP) is 3.87. The maximum Gasteiger partial charge on any atom is 0.315 e. The number of methoxy groups -OCH3 is 1. The number of rotatable bonds is 9. The van der Waals surface area contributed by atoms with E-state index >= 15 is 0 Å². The molecule has 0 aliphatic carbocycles. The lowest BCUT2D eigenvalue weighted by atomic mass is 9.69. The van der Waals surface area contributed by atoms with E-state index in [-0.39, 0.29) is 29.8 Å². The lowest BCUT2D eigenvalue weighted by Gasteiger charge is -2.51. The largest absolute Gasteiger partial charge is 0.496 e. The molecule has 0 amide bonds. The summed E-state index contributed by atoms with van der Waals surface area (Å²) in [5.74, 6) is -0.610. The van der Waals surface area contributed by atoms with Gasteiger partial charge in [0.1, 0.15) is 11.7 Å². The van der Waals surface area contributed by atoms with E-state index in [0.717, 1.165) is 35.6 Å². The van der Waals surface area contributed by atoms with Gasteiger partial charge in [0.25, 0.3) is 0 Å². The zero-order valence-corrected chi connectivity index (χ0v) is 20.7. The molecular weight excluding hydrogens is 444 g/mol. The first-order valence-corrected chi connectivity index (χ1v) is 12.4. The number of esters is 2. The third kappa shape index (κ3) is 5.25. The summed E-state index contributed by atoms with van der Waals surface area (Å²) in [7, 11) is 1.64. The molecule has 2 aromatic rings. The Balaban J connectivity index is 1.77. The highest BCUT2D eigenvalue weighted by Gasteiger charge is 2.52. The van der Waals surface area contributed by atoms with Crippen LogP contribution in [0.25, 0.3) is 0 Å². The molecule has 0 radical (unpaired) electrons. The number of aliphatic imine (C=N–C) groups is 1. The van der Waals surface area contributed by atoms with Gasteiger partial charge < -0.3 is 14.2 Å². The molecule has 5 rings (SSSR count). The molecule has 5 atom stereocenters. The molecule has 2 bridgehead atoms. The highest BCUT2D eigenvalue weighted by molar-refractivity contribution is 6.01. The molecule has 3 aliphatic heterocycles. The Morgan fingerprint density at radius 1 is 1.03 bits per heavy atom. The van der Waals surface area contributed by atoms with Crippen LogP contribution in [0.1, 0.15) is 37.3 Å². The summed E-state index contributed by atoms with van der Waals surface area (Å²) >= 11 is 0.